The number of hydrogen-bond donors (Lipinski definition) is 1. The lowest BCUT2D eigenvalue weighted by molar-refractivity contribution is 0.209. The van der Waals surface area contributed by atoms with Crippen LogP contribution in [0.4, 0.5) is 0 Å². The SMILES string of the molecule is c1cnc2ccc(-c3ccc4ncc(OCC5CCNCC5)nc4c3)cc2c1. The topological polar surface area (TPSA) is 59.9 Å². The predicted molar refractivity (Wildman–Crippen MR) is 111 cm³/mol. The van der Waals surface area contributed by atoms with E-state index in [4.69, 9.17) is 9.72 Å². The molecule has 1 aliphatic heterocycles. The van der Waals surface area contributed by atoms with Crippen LogP contribution < -0.4 is 10.1 Å². The van der Waals surface area contributed by atoms with Gasteiger partial charge in [-0.2, -0.15) is 0 Å². The van der Waals surface area contributed by atoms with Gasteiger partial charge in [-0.15, -0.1) is 0 Å². The molecule has 0 saturated carbocycles. The summed E-state index contributed by atoms with van der Waals surface area (Å²) in [6.07, 6.45) is 5.85. The standard InChI is InChI=1S/C23H22N4O/c1-2-19-12-17(3-5-20(19)25-9-1)18-4-6-21-22(13-18)27-23(14-26-21)28-15-16-7-10-24-11-8-16/h1-6,9,12-14,16,24H,7-8,10-11,15H2. The van der Waals surface area contributed by atoms with Gasteiger partial charge in [0.25, 0.3) is 0 Å². The summed E-state index contributed by atoms with van der Waals surface area (Å²) in [4.78, 5) is 13.6. The van der Waals surface area contributed by atoms with Gasteiger partial charge in [0.15, 0.2) is 0 Å². The molecule has 4 aromatic rings. The third kappa shape index (κ3) is 3.53. The van der Waals surface area contributed by atoms with E-state index in [1.807, 2.05) is 18.3 Å². The highest BCUT2D eigenvalue weighted by Crippen LogP contribution is 2.26. The molecule has 140 valence electrons. The quantitative estimate of drug-likeness (QED) is 0.583. The Morgan fingerprint density at radius 3 is 2.61 bits per heavy atom. The van der Waals surface area contributed by atoms with E-state index in [0.717, 1.165) is 59.0 Å². The van der Waals surface area contributed by atoms with Crippen molar-refractivity contribution in [3.8, 4) is 17.0 Å². The van der Waals surface area contributed by atoms with Crippen molar-refractivity contribution in [1.82, 2.24) is 20.3 Å². The lowest BCUT2D eigenvalue weighted by atomic mass is 9.99. The number of benzene rings is 2. The highest BCUT2D eigenvalue weighted by atomic mass is 16.5. The molecule has 5 nitrogen and oxygen atoms in total. The van der Waals surface area contributed by atoms with Crippen molar-refractivity contribution in [2.45, 2.75) is 12.8 Å². The van der Waals surface area contributed by atoms with Crippen molar-refractivity contribution in [3.63, 3.8) is 0 Å². The molecule has 0 amide bonds. The minimum absolute atomic E-state index is 0.594. The first-order valence-corrected chi connectivity index (χ1v) is 9.81. The third-order valence-corrected chi connectivity index (χ3v) is 5.38. The van der Waals surface area contributed by atoms with Crippen LogP contribution in [0.25, 0.3) is 33.1 Å². The largest absolute Gasteiger partial charge is 0.476 e. The summed E-state index contributed by atoms with van der Waals surface area (Å²) in [5, 5.41) is 4.51. The molecule has 1 N–H and O–H groups in total. The van der Waals surface area contributed by atoms with E-state index in [1.54, 1.807) is 6.20 Å². The minimum Gasteiger partial charge on any atom is -0.476 e. The fourth-order valence-corrected chi connectivity index (χ4v) is 3.75. The van der Waals surface area contributed by atoms with Crippen molar-refractivity contribution in [3.05, 3.63) is 60.9 Å². The monoisotopic (exact) mass is 370 g/mol. The second-order valence-corrected chi connectivity index (χ2v) is 7.33. The Kier molecular flexibility index (Phi) is 4.59. The fraction of sp³-hybridized carbons (Fsp3) is 0.261. The van der Waals surface area contributed by atoms with Crippen LogP contribution in [0.5, 0.6) is 5.88 Å². The maximum atomic E-state index is 5.95. The zero-order valence-corrected chi connectivity index (χ0v) is 15.6. The van der Waals surface area contributed by atoms with E-state index in [-0.39, 0.29) is 0 Å². The van der Waals surface area contributed by atoms with Gasteiger partial charge in [-0.25, -0.2) is 9.97 Å². The maximum absolute atomic E-state index is 5.95. The fourth-order valence-electron chi connectivity index (χ4n) is 3.75. The van der Waals surface area contributed by atoms with E-state index in [0.29, 0.717) is 18.4 Å². The second-order valence-electron chi connectivity index (χ2n) is 7.33. The van der Waals surface area contributed by atoms with Crippen molar-refractivity contribution in [2.24, 2.45) is 5.92 Å². The van der Waals surface area contributed by atoms with Crippen LogP contribution in [0.3, 0.4) is 0 Å². The normalized spacial score (nSPS) is 15.1. The molecule has 2 aromatic heterocycles. The van der Waals surface area contributed by atoms with Gasteiger partial charge in [0, 0.05) is 11.6 Å². The van der Waals surface area contributed by atoms with E-state index in [9.17, 15) is 0 Å². The van der Waals surface area contributed by atoms with Crippen LogP contribution in [0.15, 0.2) is 60.9 Å². The first-order valence-electron chi connectivity index (χ1n) is 9.81. The highest BCUT2D eigenvalue weighted by molar-refractivity contribution is 5.87. The second kappa shape index (κ2) is 7.52. The Bertz CT molecular complexity index is 1120. The molecule has 0 bridgehead atoms. The zero-order valence-electron chi connectivity index (χ0n) is 15.6. The number of nitrogens with one attached hydrogen (secondary N) is 1. The molecule has 1 saturated heterocycles. The molecule has 3 heterocycles. The number of rotatable bonds is 4. The summed E-state index contributed by atoms with van der Waals surface area (Å²) in [5.74, 6) is 1.20. The summed E-state index contributed by atoms with van der Waals surface area (Å²) in [5.41, 5.74) is 4.99. The van der Waals surface area contributed by atoms with Gasteiger partial charge in [0.2, 0.25) is 5.88 Å². The smallest absolute Gasteiger partial charge is 0.232 e. The van der Waals surface area contributed by atoms with Crippen LogP contribution >= 0.6 is 0 Å². The van der Waals surface area contributed by atoms with Crippen LogP contribution in [-0.4, -0.2) is 34.6 Å². The van der Waals surface area contributed by atoms with Gasteiger partial charge in [0.05, 0.1) is 29.4 Å². The molecule has 0 unspecified atom stereocenters. The summed E-state index contributed by atoms with van der Waals surface area (Å²) in [7, 11) is 0. The highest BCUT2D eigenvalue weighted by Gasteiger charge is 2.14. The summed E-state index contributed by atoms with van der Waals surface area (Å²) < 4.78 is 5.95. The van der Waals surface area contributed by atoms with Gasteiger partial charge in [-0.3, -0.25) is 4.98 Å². The Morgan fingerprint density at radius 2 is 1.71 bits per heavy atom. The number of hydrogen-bond acceptors (Lipinski definition) is 5. The van der Waals surface area contributed by atoms with Gasteiger partial charge in [-0.1, -0.05) is 18.2 Å². The average molecular weight is 370 g/mol. The molecular weight excluding hydrogens is 348 g/mol. The molecule has 1 aliphatic rings. The Balaban J connectivity index is 1.42. The Morgan fingerprint density at radius 1 is 0.893 bits per heavy atom. The number of ether oxygens (including phenoxy) is 1. The molecule has 0 atom stereocenters. The average Bonchev–Trinajstić information content (AvgIpc) is 2.77. The van der Waals surface area contributed by atoms with Crippen molar-refractivity contribution in [1.29, 1.82) is 0 Å². The number of aromatic nitrogens is 3. The predicted octanol–water partition coefficient (Wildman–Crippen LogP) is 4.22. The summed E-state index contributed by atoms with van der Waals surface area (Å²) in [6, 6.07) is 16.5. The minimum atomic E-state index is 0.594. The van der Waals surface area contributed by atoms with E-state index >= 15 is 0 Å². The Hall–Kier alpha value is -3.05. The number of fused-ring (bicyclic) bond motifs is 2. The van der Waals surface area contributed by atoms with Crippen molar-refractivity contribution < 1.29 is 4.74 Å². The molecule has 0 spiro atoms. The van der Waals surface area contributed by atoms with Gasteiger partial charge < -0.3 is 10.1 Å². The van der Waals surface area contributed by atoms with Crippen LogP contribution in [0.2, 0.25) is 0 Å². The molecule has 28 heavy (non-hydrogen) atoms. The van der Waals surface area contributed by atoms with Crippen molar-refractivity contribution in [2.75, 3.05) is 19.7 Å². The lowest BCUT2D eigenvalue weighted by Crippen LogP contribution is -2.30. The Labute approximate surface area is 163 Å². The van der Waals surface area contributed by atoms with E-state index in [2.05, 4.69) is 51.7 Å². The zero-order chi connectivity index (χ0) is 18.8. The number of pyridine rings is 1. The van der Waals surface area contributed by atoms with Gasteiger partial charge in [0.1, 0.15) is 0 Å². The van der Waals surface area contributed by atoms with E-state index in [1.165, 1.54) is 0 Å². The number of nitrogens with zero attached hydrogens (tertiary/aromatic N) is 3. The van der Waals surface area contributed by atoms with Gasteiger partial charge >= 0.3 is 0 Å². The van der Waals surface area contributed by atoms with E-state index < -0.39 is 0 Å². The summed E-state index contributed by atoms with van der Waals surface area (Å²) in [6.45, 7) is 2.85. The maximum Gasteiger partial charge on any atom is 0.232 e. The molecule has 0 aliphatic carbocycles. The molecule has 1 fully saturated rings. The van der Waals surface area contributed by atoms with Crippen LogP contribution in [-0.2, 0) is 0 Å². The molecule has 0 radical (unpaired) electrons. The van der Waals surface area contributed by atoms with Crippen LogP contribution in [0, 0.1) is 5.92 Å². The molecule has 5 rings (SSSR count). The lowest BCUT2D eigenvalue weighted by Gasteiger charge is -2.22. The number of piperidine rings is 1. The first kappa shape index (κ1) is 17.1. The molecule has 5 heteroatoms. The van der Waals surface area contributed by atoms with Gasteiger partial charge in [-0.05, 0) is 73.3 Å². The first-order chi connectivity index (χ1) is 13.8. The van der Waals surface area contributed by atoms with Crippen LogP contribution in [0.1, 0.15) is 12.8 Å². The summed E-state index contributed by atoms with van der Waals surface area (Å²) >= 11 is 0. The third-order valence-electron chi connectivity index (χ3n) is 5.38. The van der Waals surface area contributed by atoms with Crippen molar-refractivity contribution >= 4 is 21.9 Å². The molecular formula is C23H22N4O. The molecule has 2 aromatic carbocycles.